The van der Waals surface area contributed by atoms with Gasteiger partial charge in [-0.3, -0.25) is 0 Å². The van der Waals surface area contributed by atoms with Gasteiger partial charge in [0.25, 0.3) is 0 Å². The molecule has 4 rings (SSSR count). The average Bonchev–Trinajstić information content (AvgIpc) is 2.93. The van der Waals surface area contributed by atoms with Crippen LogP contribution in [0.5, 0.6) is 0 Å². The Balaban J connectivity index is 2.12. The van der Waals surface area contributed by atoms with E-state index < -0.39 is 7.14 Å². The van der Waals surface area contributed by atoms with Crippen LogP contribution in [0.2, 0.25) is 0 Å². The Morgan fingerprint density at radius 3 is 1.88 bits per heavy atom. The molecule has 3 aromatic carbocycles. The van der Waals surface area contributed by atoms with Gasteiger partial charge in [-0.2, -0.15) is 0 Å². The number of benzene rings is 3. The Morgan fingerprint density at radius 2 is 1.25 bits per heavy atom. The SMILES string of the molecule is CCP1(=O)C(c2ccccc2)=C(c2ccccc2)c2ccccc21. The maximum absolute atomic E-state index is 14.1. The topological polar surface area (TPSA) is 17.1 Å². The Hall–Kier alpha value is -2.37. The molecule has 0 spiro atoms. The lowest BCUT2D eigenvalue weighted by Gasteiger charge is -2.17. The molecule has 1 heterocycles. The van der Waals surface area contributed by atoms with Crippen molar-refractivity contribution in [1.29, 1.82) is 0 Å². The van der Waals surface area contributed by atoms with E-state index in [0.29, 0.717) is 6.16 Å². The quantitative estimate of drug-likeness (QED) is 0.569. The summed E-state index contributed by atoms with van der Waals surface area (Å²) in [5.74, 6) is 0. The molecular formula is C22H19OP. The third-order valence-electron chi connectivity index (χ3n) is 4.72. The summed E-state index contributed by atoms with van der Waals surface area (Å²) in [7, 11) is -2.61. The van der Waals surface area contributed by atoms with Crippen LogP contribution >= 0.6 is 7.14 Å². The normalized spacial score (nSPS) is 19.4. The molecular weight excluding hydrogens is 311 g/mol. The molecule has 0 aromatic heterocycles. The second-order valence-electron chi connectivity index (χ2n) is 6.03. The van der Waals surface area contributed by atoms with Crippen molar-refractivity contribution in [2.75, 3.05) is 6.16 Å². The monoisotopic (exact) mass is 330 g/mol. The third kappa shape index (κ3) is 2.20. The lowest BCUT2D eigenvalue weighted by molar-refractivity contribution is 0.588. The maximum atomic E-state index is 14.1. The smallest absolute Gasteiger partial charge is 0.144 e. The van der Waals surface area contributed by atoms with Crippen molar-refractivity contribution in [3.8, 4) is 0 Å². The van der Waals surface area contributed by atoms with Crippen molar-refractivity contribution in [2.24, 2.45) is 0 Å². The molecule has 1 unspecified atom stereocenters. The Kier molecular flexibility index (Phi) is 3.75. The molecule has 1 aliphatic heterocycles. The van der Waals surface area contributed by atoms with Gasteiger partial charge in [0.2, 0.25) is 0 Å². The van der Waals surface area contributed by atoms with E-state index in [-0.39, 0.29) is 0 Å². The van der Waals surface area contributed by atoms with E-state index in [1.807, 2.05) is 61.5 Å². The molecule has 0 saturated heterocycles. The standard InChI is InChI=1S/C22H19OP/c1-2-24(23)20-16-10-9-15-19(20)21(17-11-5-3-6-12-17)22(24)18-13-7-4-8-14-18/h3-16H,2H2,1H3. The van der Waals surface area contributed by atoms with Gasteiger partial charge in [-0.15, -0.1) is 0 Å². The molecule has 1 nitrogen and oxygen atoms in total. The van der Waals surface area contributed by atoms with Gasteiger partial charge < -0.3 is 4.57 Å². The van der Waals surface area contributed by atoms with Crippen molar-refractivity contribution >= 4 is 23.3 Å². The highest BCUT2D eigenvalue weighted by atomic mass is 31.2. The summed E-state index contributed by atoms with van der Waals surface area (Å²) < 4.78 is 14.1. The van der Waals surface area contributed by atoms with Gasteiger partial charge in [-0.05, 0) is 16.7 Å². The summed E-state index contributed by atoms with van der Waals surface area (Å²) in [4.78, 5) is 0. The molecule has 0 amide bonds. The summed E-state index contributed by atoms with van der Waals surface area (Å²) in [5, 5.41) is 2.02. The van der Waals surface area contributed by atoms with E-state index in [9.17, 15) is 4.57 Å². The molecule has 2 heteroatoms. The predicted octanol–water partition coefficient (Wildman–Crippen LogP) is 5.63. The van der Waals surface area contributed by atoms with Gasteiger partial charge >= 0.3 is 0 Å². The van der Waals surface area contributed by atoms with E-state index in [1.165, 1.54) is 0 Å². The molecule has 24 heavy (non-hydrogen) atoms. The largest absolute Gasteiger partial charge is 0.314 e. The first-order chi connectivity index (χ1) is 11.8. The van der Waals surface area contributed by atoms with Crippen molar-refractivity contribution in [3.05, 3.63) is 102 Å². The minimum atomic E-state index is -2.61. The van der Waals surface area contributed by atoms with E-state index in [4.69, 9.17) is 0 Å². The fourth-order valence-corrected chi connectivity index (χ4v) is 6.58. The zero-order chi connectivity index (χ0) is 16.6. The Bertz CT molecular complexity index is 956. The molecule has 0 radical (unpaired) electrons. The third-order valence-corrected chi connectivity index (χ3v) is 7.98. The molecule has 3 aromatic rings. The number of hydrogen-bond acceptors (Lipinski definition) is 1. The van der Waals surface area contributed by atoms with E-state index in [1.54, 1.807) is 0 Å². The first-order valence-corrected chi connectivity index (χ1v) is 10.2. The maximum Gasteiger partial charge on any atom is 0.144 e. The zero-order valence-corrected chi connectivity index (χ0v) is 14.5. The molecule has 0 aliphatic carbocycles. The van der Waals surface area contributed by atoms with Gasteiger partial charge in [-0.1, -0.05) is 91.9 Å². The first-order valence-electron chi connectivity index (χ1n) is 8.30. The van der Waals surface area contributed by atoms with Crippen molar-refractivity contribution < 1.29 is 4.57 Å². The fourth-order valence-electron chi connectivity index (χ4n) is 3.60. The number of rotatable bonds is 3. The van der Waals surface area contributed by atoms with Crippen molar-refractivity contribution in [2.45, 2.75) is 6.92 Å². The van der Waals surface area contributed by atoms with Crippen LogP contribution in [0, 0.1) is 0 Å². The van der Waals surface area contributed by atoms with Crippen molar-refractivity contribution in [1.82, 2.24) is 0 Å². The molecule has 0 N–H and O–H groups in total. The zero-order valence-electron chi connectivity index (χ0n) is 13.6. The Morgan fingerprint density at radius 1 is 0.708 bits per heavy atom. The summed E-state index contributed by atoms with van der Waals surface area (Å²) in [6.45, 7) is 2.04. The van der Waals surface area contributed by atoms with Crippen LogP contribution in [0.15, 0.2) is 84.9 Å². The second-order valence-corrected chi connectivity index (χ2v) is 9.07. The highest BCUT2D eigenvalue weighted by molar-refractivity contribution is 7.82. The van der Waals surface area contributed by atoms with Crippen LogP contribution in [-0.2, 0) is 4.57 Å². The second kappa shape index (κ2) is 5.92. The minimum absolute atomic E-state index is 0.643. The van der Waals surface area contributed by atoms with E-state index in [0.717, 1.165) is 32.9 Å². The summed E-state index contributed by atoms with van der Waals surface area (Å²) in [5.41, 5.74) is 4.45. The van der Waals surface area contributed by atoms with Gasteiger partial charge in [0.1, 0.15) is 7.14 Å². The van der Waals surface area contributed by atoms with Crippen LogP contribution in [-0.4, -0.2) is 6.16 Å². The van der Waals surface area contributed by atoms with Crippen LogP contribution in [0.4, 0.5) is 0 Å². The number of fused-ring (bicyclic) bond motifs is 1. The first kappa shape index (κ1) is 15.2. The van der Waals surface area contributed by atoms with Crippen LogP contribution in [0.25, 0.3) is 10.9 Å². The number of hydrogen-bond donors (Lipinski definition) is 0. The Labute approximate surface area is 143 Å². The summed E-state index contributed by atoms with van der Waals surface area (Å²) in [6.07, 6.45) is 0.643. The van der Waals surface area contributed by atoms with Crippen LogP contribution < -0.4 is 5.30 Å². The predicted molar refractivity (Wildman–Crippen MR) is 103 cm³/mol. The van der Waals surface area contributed by atoms with Crippen molar-refractivity contribution in [3.63, 3.8) is 0 Å². The lowest BCUT2D eigenvalue weighted by Crippen LogP contribution is -2.06. The lowest BCUT2D eigenvalue weighted by atomic mass is 9.96. The minimum Gasteiger partial charge on any atom is -0.314 e. The summed E-state index contributed by atoms with van der Waals surface area (Å²) >= 11 is 0. The highest BCUT2D eigenvalue weighted by Crippen LogP contribution is 2.65. The van der Waals surface area contributed by atoms with E-state index >= 15 is 0 Å². The van der Waals surface area contributed by atoms with Crippen LogP contribution in [0.1, 0.15) is 23.6 Å². The van der Waals surface area contributed by atoms with E-state index in [2.05, 4.69) is 30.3 Å². The van der Waals surface area contributed by atoms with Gasteiger partial charge in [0.05, 0.1) is 0 Å². The van der Waals surface area contributed by atoms with Crippen LogP contribution in [0.3, 0.4) is 0 Å². The molecule has 0 fully saturated rings. The summed E-state index contributed by atoms with van der Waals surface area (Å²) in [6, 6.07) is 28.7. The molecule has 1 atom stereocenters. The van der Waals surface area contributed by atoms with Gasteiger partial charge in [-0.25, -0.2) is 0 Å². The molecule has 0 bridgehead atoms. The average molecular weight is 330 g/mol. The fraction of sp³-hybridized carbons (Fsp3) is 0.0909. The highest BCUT2D eigenvalue weighted by Gasteiger charge is 2.40. The molecule has 118 valence electrons. The molecule has 1 aliphatic rings. The van der Waals surface area contributed by atoms with Gasteiger partial charge in [0.15, 0.2) is 0 Å². The molecule has 0 saturated carbocycles. The van der Waals surface area contributed by atoms with Gasteiger partial charge in [0, 0.05) is 22.4 Å².